The summed E-state index contributed by atoms with van der Waals surface area (Å²) in [7, 11) is 0. The van der Waals surface area contributed by atoms with Crippen LogP contribution in [0.2, 0.25) is 0 Å². The number of nitrogens with one attached hydrogen (secondary N) is 1. The van der Waals surface area contributed by atoms with Gasteiger partial charge in [-0.05, 0) is 17.0 Å². The predicted octanol–water partition coefficient (Wildman–Crippen LogP) is 5.48. The molecule has 2 rings (SSSR count). The Bertz CT molecular complexity index is 724. The van der Waals surface area contributed by atoms with Crippen LogP contribution in [0.25, 0.3) is 0 Å². The van der Waals surface area contributed by atoms with Gasteiger partial charge >= 0.3 is 0 Å². The second-order valence-electron chi connectivity index (χ2n) is 11.4. The van der Waals surface area contributed by atoms with Crippen LogP contribution in [-0.2, 0) is 28.2 Å². The average Bonchev–Trinajstić information content (AvgIpc) is 3.01. The highest BCUT2D eigenvalue weighted by Crippen LogP contribution is 2.34. The molecule has 0 aliphatic rings. The second-order valence-corrected chi connectivity index (χ2v) is 11.4. The highest BCUT2D eigenvalue weighted by Gasteiger charge is 2.32. The largest absolute Gasteiger partial charge is 0.282 e. The first-order valence-corrected chi connectivity index (χ1v) is 9.66. The van der Waals surface area contributed by atoms with Gasteiger partial charge in [0, 0.05) is 28.1 Å². The Morgan fingerprint density at radius 3 is 1.81 bits per heavy atom. The van der Waals surface area contributed by atoms with Crippen molar-refractivity contribution in [2.45, 2.75) is 104 Å². The summed E-state index contributed by atoms with van der Waals surface area (Å²) in [4.78, 5) is 0. The number of hydrogen-bond donors (Lipinski definition) is 1. The summed E-state index contributed by atoms with van der Waals surface area (Å²) < 4.78 is 2.12. The molecule has 0 aromatic carbocycles. The molecule has 0 atom stereocenters. The molecule has 1 N–H and O–H groups in total. The molecule has 2 aromatic heterocycles. The first-order valence-electron chi connectivity index (χ1n) is 9.66. The molecular weight excluding hydrogens is 320 g/mol. The fraction of sp³-hybridized carbons (Fsp3) is 0.727. The monoisotopic (exact) mass is 358 g/mol. The number of aromatic amines is 1. The van der Waals surface area contributed by atoms with Gasteiger partial charge in [-0.25, -0.2) is 0 Å². The van der Waals surface area contributed by atoms with E-state index in [1.54, 1.807) is 0 Å². The van der Waals surface area contributed by atoms with E-state index < -0.39 is 0 Å². The van der Waals surface area contributed by atoms with E-state index in [-0.39, 0.29) is 21.7 Å². The van der Waals surface area contributed by atoms with E-state index in [1.807, 2.05) is 0 Å². The zero-order chi connectivity index (χ0) is 20.1. The standard InChI is InChI=1S/C22H38N4/c1-19(2,3)15-13-26(25-18(15)21(7,8)9)14-22(10,11)17-12-16(23-24-17)20(4,5)6/h12-13H,14H2,1-11H3,(H,23,24). The summed E-state index contributed by atoms with van der Waals surface area (Å²) in [6, 6.07) is 2.21. The topological polar surface area (TPSA) is 46.5 Å². The molecule has 0 bridgehead atoms. The fourth-order valence-electron chi connectivity index (χ4n) is 3.14. The number of rotatable bonds is 3. The van der Waals surface area contributed by atoms with E-state index in [2.05, 4.69) is 103 Å². The van der Waals surface area contributed by atoms with Crippen LogP contribution in [0, 0.1) is 0 Å². The van der Waals surface area contributed by atoms with Gasteiger partial charge in [-0.15, -0.1) is 0 Å². The maximum atomic E-state index is 4.99. The molecule has 2 heterocycles. The minimum Gasteiger partial charge on any atom is -0.282 e. The molecule has 4 nitrogen and oxygen atoms in total. The molecule has 146 valence electrons. The Morgan fingerprint density at radius 2 is 1.42 bits per heavy atom. The summed E-state index contributed by atoms with van der Waals surface area (Å²) in [5.41, 5.74) is 4.87. The van der Waals surface area contributed by atoms with Gasteiger partial charge in [0.2, 0.25) is 0 Å². The summed E-state index contributed by atoms with van der Waals surface area (Å²) in [5, 5.41) is 12.8. The third-order valence-corrected chi connectivity index (χ3v) is 4.92. The molecule has 0 unspecified atom stereocenters. The summed E-state index contributed by atoms with van der Waals surface area (Å²) in [5.74, 6) is 0. The van der Waals surface area contributed by atoms with E-state index in [9.17, 15) is 0 Å². The van der Waals surface area contributed by atoms with Gasteiger partial charge in [-0.1, -0.05) is 76.2 Å². The zero-order valence-electron chi connectivity index (χ0n) is 18.7. The Morgan fingerprint density at radius 1 is 0.846 bits per heavy atom. The van der Waals surface area contributed by atoms with E-state index in [0.29, 0.717) is 0 Å². The minimum atomic E-state index is -0.101. The van der Waals surface area contributed by atoms with E-state index in [1.165, 1.54) is 17.0 Å². The third kappa shape index (κ3) is 4.39. The van der Waals surface area contributed by atoms with Crippen molar-refractivity contribution in [1.29, 1.82) is 0 Å². The Labute approximate surface area is 159 Å². The Kier molecular flexibility index (Phi) is 4.98. The molecule has 0 aliphatic heterocycles. The maximum absolute atomic E-state index is 4.99. The number of hydrogen-bond acceptors (Lipinski definition) is 2. The van der Waals surface area contributed by atoms with Crippen LogP contribution in [0.3, 0.4) is 0 Å². The van der Waals surface area contributed by atoms with Gasteiger partial charge in [0.1, 0.15) is 0 Å². The second kappa shape index (κ2) is 6.24. The quantitative estimate of drug-likeness (QED) is 0.790. The lowest BCUT2D eigenvalue weighted by Gasteiger charge is -2.24. The molecule has 4 heteroatoms. The van der Waals surface area contributed by atoms with Crippen LogP contribution in [0.5, 0.6) is 0 Å². The van der Waals surface area contributed by atoms with Gasteiger partial charge in [0.15, 0.2) is 0 Å². The van der Waals surface area contributed by atoms with Crippen LogP contribution in [0.1, 0.15) is 98.8 Å². The van der Waals surface area contributed by atoms with E-state index in [0.717, 1.165) is 12.2 Å². The summed E-state index contributed by atoms with van der Waals surface area (Å²) in [6.45, 7) is 25.4. The van der Waals surface area contributed by atoms with Crippen molar-refractivity contribution < 1.29 is 0 Å². The van der Waals surface area contributed by atoms with Crippen molar-refractivity contribution in [1.82, 2.24) is 20.0 Å². The van der Waals surface area contributed by atoms with Crippen LogP contribution in [0.15, 0.2) is 12.3 Å². The molecule has 0 radical (unpaired) electrons. The molecule has 0 aliphatic carbocycles. The smallest absolute Gasteiger partial charge is 0.0715 e. The first-order chi connectivity index (χ1) is 11.5. The molecule has 0 saturated carbocycles. The number of nitrogens with zero attached hydrogens (tertiary/aromatic N) is 3. The van der Waals surface area contributed by atoms with Gasteiger partial charge in [-0.3, -0.25) is 9.78 Å². The predicted molar refractivity (Wildman–Crippen MR) is 110 cm³/mol. The Hall–Kier alpha value is -1.58. The Balaban J connectivity index is 2.38. The van der Waals surface area contributed by atoms with Crippen molar-refractivity contribution in [2.24, 2.45) is 0 Å². The van der Waals surface area contributed by atoms with Gasteiger partial charge in [-0.2, -0.15) is 10.2 Å². The lowest BCUT2D eigenvalue weighted by atomic mass is 9.80. The van der Waals surface area contributed by atoms with Crippen molar-refractivity contribution in [3.63, 3.8) is 0 Å². The summed E-state index contributed by atoms with van der Waals surface area (Å²) >= 11 is 0. The lowest BCUT2D eigenvalue weighted by Crippen LogP contribution is -2.26. The highest BCUT2D eigenvalue weighted by molar-refractivity contribution is 5.31. The number of aromatic nitrogens is 4. The van der Waals surface area contributed by atoms with Crippen LogP contribution in [0.4, 0.5) is 0 Å². The molecule has 2 aromatic rings. The molecule has 0 amide bonds. The molecule has 26 heavy (non-hydrogen) atoms. The van der Waals surface area contributed by atoms with E-state index >= 15 is 0 Å². The van der Waals surface area contributed by atoms with Crippen molar-refractivity contribution >= 4 is 0 Å². The normalized spacial score (nSPS) is 14.1. The number of H-pyrrole nitrogens is 1. The van der Waals surface area contributed by atoms with Crippen LogP contribution >= 0.6 is 0 Å². The van der Waals surface area contributed by atoms with Gasteiger partial charge < -0.3 is 0 Å². The molecule has 0 spiro atoms. The van der Waals surface area contributed by atoms with Crippen LogP contribution in [-0.4, -0.2) is 20.0 Å². The zero-order valence-corrected chi connectivity index (χ0v) is 18.7. The summed E-state index contributed by atoms with van der Waals surface area (Å²) in [6.07, 6.45) is 2.24. The van der Waals surface area contributed by atoms with Crippen molar-refractivity contribution in [3.8, 4) is 0 Å². The minimum absolute atomic E-state index is 0.0315. The highest BCUT2D eigenvalue weighted by atomic mass is 15.3. The fourth-order valence-corrected chi connectivity index (χ4v) is 3.14. The molecule has 0 saturated heterocycles. The first kappa shape index (κ1) is 20.7. The van der Waals surface area contributed by atoms with Crippen molar-refractivity contribution in [3.05, 3.63) is 34.9 Å². The van der Waals surface area contributed by atoms with E-state index in [4.69, 9.17) is 5.10 Å². The molecule has 0 fully saturated rings. The lowest BCUT2D eigenvalue weighted by molar-refractivity contribution is 0.392. The van der Waals surface area contributed by atoms with Crippen molar-refractivity contribution in [2.75, 3.05) is 0 Å². The van der Waals surface area contributed by atoms with Gasteiger partial charge in [0.25, 0.3) is 0 Å². The SMILES string of the molecule is CC(C)(C)c1cc(C(C)(C)Cn2cc(C(C)(C)C)c(C(C)(C)C)n2)n[nH]1. The maximum Gasteiger partial charge on any atom is 0.0715 e. The average molecular weight is 359 g/mol. The third-order valence-electron chi connectivity index (χ3n) is 4.92. The van der Waals surface area contributed by atoms with Gasteiger partial charge in [0.05, 0.1) is 17.9 Å². The van der Waals surface area contributed by atoms with Crippen LogP contribution < -0.4 is 0 Å². The molecular formula is C22H38N4.